The van der Waals surface area contributed by atoms with Crippen molar-refractivity contribution in [2.75, 3.05) is 6.61 Å². The molecule has 0 amide bonds. The van der Waals surface area contributed by atoms with Crippen LogP contribution in [-0.2, 0) is 14.2 Å². The fraction of sp³-hybridized carbons (Fsp3) is 0.259. The van der Waals surface area contributed by atoms with Crippen LogP contribution in [0.1, 0.15) is 44.5 Å². The van der Waals surface area contributed by atoms with Crippen LogP contribution in [0.2, 0.25) is 5.15 Å². The lowest BCUT2D eigenvalue weighted by atomic mass is 10.1. The number of ether oxygens (including phenoxy) is 3. The standard InChI is InChI=1S/C27H23ClIN3O5/c1-15-3-7-17(8-4-15)26(33)35-13-21-20(37-27(34)18-9-5-16(2)6-10-18)11-22(36-21)32-12-19(29)23-24(28)30-14-31-25(23)32/h3-10,12,14,20-22H,11,13H2,1-2H3/t20-,21-,22+/m0/s1. The molecule has 1 aliphatic heterocycles. The number of hydrogen-bond donors (Lipinski definition) is 0. The molecule has 0 radical (unpaired) electrons. The van der Waals surface area contributed by atoms with E-state index in [0.29, 0.717) is 28.3 Å². The van der Waals surface area contributed by atoms with E-state index in [4.69, 9.17) is 25.8 Å². The van der Waals surface area contributed by atoms with E-state index >= 15 is 0 Å². The molecule has 0 saturated carbocycles. The first-order valence-corrected chi connectivity index (χ1v) is 13.1. The van der Waals surface area contributed by atoms with Crippen molar-refractivity contribution in [3.8, 4) is 0 Å². The highest BCUT2D eigenvalue weighted by molar-refractivity contribution is 14.1. The smallest absolute Gasteiger partial charge is 0.338 e. The largest absolute Gasteiger partial charge is 0.459 e. The van der Waals surface area contributed by atoms with E-state index in [1.54, 1.807) is 24.3 Å². The molecule has 0 N–H and O–H groups in total. The lowest BCUT2D eigenvalue weighted by Gasteiger charge is -2.19. The number of carbonyl (C=O) groups is 2. The molecule has 37 heavy (non-hydrogen) atoms. The highest BCUT2D eigenvalue weighted by atomic mass is 127. The molecule has 0 aliphatic carbocycles. The molecule has 0 bridgehead atoms. The number of nitrogens with zero attached hydrogens (tertiary/aromatic N) is 3. The van der Waals surface area contributed by atoms with Gasteiger partial charge in [-0.1, -0.05) is 47.0 Å². The minimum Gasteiger partial charge on any atom is -0.459 e. The van der Waals surface area contributed by atoms with Gasteiger partial charge in [0.2, 0.25) is 0 Å². The van der Waals surface area contributed by atoms with Gasteiger partial charge in [-0.05, 0) is 60.7 Å². The summed E-state index contributed by atoms with van der Waals surface area (Å²) in [6, 6.07) is 14.2. The highest BCUT2D eigenvalue weighted by Gasteiger charge is 2.40. The predicted molar refractivity (Wildman–Crippen MR) is 146 cm³/mol. The maximum absolute atomic E-state index is 12.9. The summed E-state index contributed by atoms with van der Waals surface area (Å²) < 4.78 is 20.4. The van der Waals surface area contributed by atoms with Crippen molar-refractivity contribution in [1.29, 1.82) is 0 Å². The molecule has 3 heterocycles. The first kappa shape index (κ1) is 25.6. The van der Waals surface area contributed by atoms with E-state index in [-0.39, 0.29) is 6.61 Å². The molecule has 0 unspecified atom stereocenters. The Bertz CT molecular complexity index is 1460. The van der Waals surface area contributed by atoms with E-state index in [9.17, 15) is 9.59 Å². The van der Waals surface area contributed by atoms with Gasteiger partial charge < -0.3 is 18.8 Å². The quantitative estimate of drug-likeness (QED) is 0.154. The van der Waals surface area contributed by atoms with Gasteiger partial charge in [-0.3, -0.25) is 0 Å². The van der Waals surface area contributed by atoms with Crippen LogP contribution >= 0.6 is 34.2 Å². The summed E-state index contributed by atoms with van der Waals surface area (Å²) in [6.45, 7) is 3.81. The van der Waals surface area contributed by atoms with E-state index in [1.165, 1.54) is 6.33 Å². The number of carbonyl (C=O) groups excluding carboxylic acids is 2. The summed E-state index contributed by atoms with van der Waals surface area (Å²) >= 11 is 8.47. The second-order valence-electron chi connectivity index (χ2n) is 8.89. The summed E-state index contributed by atoms with van der Waals surface area (Å²) in [7, 11) is 0. The van der Waals surface area contributed by atoms with Gasteiger partial charge in [0.1, 0.15) is 42.2 Å². The van der Waals surface area contributed by atoms with Crippen LogP contribution < -0.4 is 0 Å². The fourth-order valence-electron chi connectivity index (χ4n) is 4.20. The highest BCUT2D eigenvalue weighted by Crippen LogP contribution is 2.36. The summed E-state index contributed by atoms with van der Waals surface area (Å²) in [6.07, 6.45) is 1.75. The maximum atomic E-state index is 12.9. The SMILES string of the molecule is Cc1ccc(C(=O)OC[C@@H]2O[C@@H](n3cc(I)c4c(Cl)ncnc43)C[C@@H]2OC(=O)c2ccc(C)cc2)cc1. The topological polar surface area (TPSA) is 92.5 Å². The summed E-state index contributed by atoms with van der Waals surface area (Å²) in [5, 5.41) is 1.06. The predicted octanol–water partition coefficient (Wildman–Crippen LogP) is 5.68. The zero-order chi connectivity index (χ0) is 26.1. The van der Waals surface area contributed by atoms with Crippen molar-refractivity contribution in [3.63, 3.8) is 0 Å². The molecule has 0 spiro atoms. The molecule has 8 nitrogen and oxygen atoms in total. The Balaban J connectivity index is 1.38. The van der Waals surface area contributed by atoms with Gasteiger partial charge in [0.25, 0.3) is 0 Å². The number of rotatable bonds is 6. The van der Waals surface area contributed by atoms with Crippen molar-refractivity contribution in [2.45, 2.75) is 38.7 Å². The van der Waals surface area contributed by atoms with Crippen molar-refractivity contribution < 1.29 is 23.8 Å². The van der Waals surface area contributed by atoms with Gasteiger partial charge in [-0.25, -0.2) is 19.6 Å². The molecular weight excluding hydrogens is 609 g/mol. The van der Waals surface area contributed by atoms with E-state index in [1.807, 2.05) is 48.9 Å². The molecule has 190 valence electrons. The molecule has 2 aromatic carbocycles. The Morgan fingerprint density at radius 1 is 1.03 bits per heavy atom. The van der Waals surface area contributed by atoms with Gasteiger partial charge >= 0.3 is 11.9 Å². The van der Waals surface area contributed by atoms with Gasteiger partial charge in [-0.15, -0.1) is 0 Å². The average Bonchev–Trinajstić information content (AvgIpc) is 3.44. The van der Waals surface area contributed by atoms with Crippen molar-refractivity contribution >= 4 is 57.2 Å². The van der Waals surface area contributed by atoms with E-state index in [0.717, 1.165) is 20.1 Å². The molecule has 5 rings (SSSR count). The van der Waals surface area contributed by atoms with Crippen LogP contribution in [-0.4, -0.2) is 45.3 Å². The molecule has 3 atom stereocenters. The molecule has 1 fully saturated rings. The van der Waals surface area contributed by atoms with Crippen LogP contribution in [0.5, 0.6) is 0 Å². The third kappa shape index (κ3) is 5.48. The van der Waals surface area contributed by atoms with Crippen LogP contribution in [0, 0.1) is 17.4 Å². The maximum Gasteiger partial charge on any atom is 0.338 e. The lowest BCUT2D eigenvalue weighted by Crippen LogP contribution is -2.32. The van der Waals surface area contributed by atoms with Crippen LogP contribution in [0.3, 0.4) is 0 Å². The van der Waals surface area contributed by atoms with Crippen LogP contribution in [0.25, 0.3) is 11.0 Å². The third-order valence-corrected chi connectivity index (χ3v) is 7.32. The Morgan fingerprint density at radius 2 is 1.65 bits per heavy atom. The van der Waals surface area contributed by atoms with Crippen LogP contribution in [0.4, 0.5) is 0 Å². The lowest BCUT2D eigenvalue weighted by molar-refractivity contribution is -0.0562. The first-order chi connectivity index (χ1) is 17.8. The zero-order valence-electron chi connectivity index (χ0n) is 20.1. The molecule has 1 aliphatic rings. The Kier molecular flexibility index (Phi) is 7.45. The van der Waals surface area contributed by atoms with Gasteiger partial charge in [-0.2, -0.15) is 0 Å². The van der Waals surface area contributed by atoms with Gasteiger partial charge in [0.05, 0.1) is 16.5 Å². The normalized spacial score (nSPS) is 19.2. The minimum absolute atomic E-state index is 0.0823. The van der Waals surface area contributed by atoms with E-state index < -0.39 is 30.4 Å². The average molecular weight is 632 g/mol. The number of benzene rings is 2. The Labute approximate surface area is 232 Å². The number of fused-ring (bicyclic) bond motifs is 1. The minimum atomic E-state index is -0.679. The molecule has 2 aromatic heterocycles. The van der Waals surface area contributed by atoms with Crippen molar-refractivity contribution in [2.24, 2.45) is 0 Å². The number of hydrogen-bond acceptors (Lipinski definition) is 7. The number of esters is 2. The van der Waals surface area contributed by atoms with E-state index in [2.05, 4.69) is 32.6 Å². The summed E-state index contributed by atoms with van der Waals surface area (Å²) in [5.74, 6) is -0.947. The molecular formula is C27H23ClIN3O5. The molecule has 4 aromatic rings. The third-order valence-electron chi connectivity index (χ3n) is 6.22. The summed E-state index contributed by atoms with van der Waals surface area (Å²) in [4.78, 5) is 34.0. The van der Waals surface area contributed by atoms with Crippen LogP contribution in [0.15, 0.2) is 61.1 Å². The Morgan fingerprint density at radius 3 is 2.30 bits per heavy atom. The second-order valence-corrected chi connectivity index (χ2v) is 10.4. The second kappa shape index (κ2) is 10.8. The number of aryl methyl sites for hydroxylation is 2. The fourth-order valence-corrected chi connectivity index (χ4v) is 5.38. The summed E-state index contributed by atoms with van der Waals surface area (Å²) in [5.41, 5.74) is 3.56. The number of aromatic nitrogens is 3. The monoisotopic (exact) mass is 631 g/mol. The first-order valence-electron chi connectivity index (χ1n) is 11.6. The molecule has 1 saturated heterocycles. The Hall–Kier alpha value is -3.02. The van der Waals surface area contributed by atoms with Gasteiger partial charge in [0.15, 0.2) is 0 Å². The zero-order valence-corrected chi connectivity index (χ0v) is 23.0. The van der Waals surface area contributed by atoms with Gasteiger partial charge in [0, 0.05) is 16.2 Å². The van der Waals surface area contributed by atoms with Crippen molar-refractivity contribution in [3.05, 3.63) is 92.0 Å². The van der Waals surface area contributed by atoms with Crippen molar-refractivity contribution in [1.82, 2.24) is 14.5 Å². The number of halogens is 2. The molecule has 10 heteroatoms.